The molecule has 27 heavy (non-hydrogen) atoms. The molecule has 0 radical (unpaired) electrons. The highest BCUT2D eigenvalue weighted by atomic mass is 16.5. The van der Waals surface area contributed by atoms with Gasteiger partial charge in [0.05, 0.1) is 17.8 Å². The van der Waals surface area contributed by atoms with Crippen LogP contribution in [0.5, 0.6) is 5.75 Å². The van der Waals surface area contributed by atoms with Crippen LogP contribution < -0.4 is 10.5 Å². The van der Waals surface area contributed by atoms with Crippen molar-refractivity contribution in [1.82, 2.24) is 4.98 Å². The molecule has 4 rings (SSSR count). The molecule has 1 aliphatic rings. The van der Waals surface area contributed by atoms with Gasteiger partial charge in [0, 0.05) is 11.3 Å². The zero-order valence-corrected chi connectivity index (χ0v) is 14.8. The first kappa shape index (κ1) is 16.9. The molecule has 1 aromatic heterocycles. The molecule has 0 aliphatic heterocycles. The third-order valence-electron chi connectivity index (χ3n) is 5.01. The van der Waals surface area contributed by atoms with Crippen LogP contribution in [0.3, 0.4) is 0 Å². The van der Waals surface area contributed by atoms with Crippen LogP contribution in [0.2, 0.25) is 0 Å². The number of hydrogen-bond donors (Lipinski definition) is 2. The minimum atomic E-state index is -0.0811. The van der Waals surface area contributed by atoms with Crippen LogP contribution in [-0.4, -0.2) is 10.7 Å². The lowest BCUT2D eigenvalue weighted by atomic mass is 9.99. The van der Waals surface area contributed by atoms with E-state index < -0.39 is 0 Å². The average molecular weight is 358 g/mol. The largest absolute Gasteiger partial charge is 0.486 e. The summed E-state index contributed by atoms with van der Waals surface area (Å²) in [5.41, 5.74) is 11.3. The van der Waals surface area contributed by atoms with Crippen molar-refractivity contribution in [3.8, 4) is 11.8 Å². The van der Waals surface area contributed by atoms with Gasteiger partial charge in [0.1, 0.15) is 17.6 Å². The summed E-state index contributed by atoms with van der Waals surface area (Å²) >= 11 is 0. The Bertz CT molecular complexity index is 1060. The maximum Gasteiger partial charge on any atom is 0.181 e. The zero-order chi connectivity index (χ0) is 19.0. The van der Waals surface area contributed by atoms with Gasteiger partial charge in [-0.3, -0.25) is 5.41 Å². The Labute approximate surface area is 156 Å². The molecular formula is C21H18N4O2. The second-order valence-electron chi connectivity index (χ2n) is 6.55. The van der Waals surface area contributed by atoms with Crippen molar-refractivity contribution in [1.29, 1.82) is 10.7 Å². The average Bonchev–Trinajstić information content (AvgIpc) is 3.34. The zero-order valence-electron chi connectivity index (χ0n) is 14.8. The summed E-state index contributed by atoms with van der Waals surface area (Å²) < 4.78 is 11.4. The normalized spacial score (nSPS) is 15.2. The quantitative estimate of drug-likeness (QED) is 0.543. The number of nitrogens with one attached hydrogen (secondary N) is 1. The Morgan fingerprint density at radius 1 is 1.37 bits per heavy atom. The van der Waals surface area contributed by atoms with Gasteiger partial charge >= 0.3 is 0 Å². The van der Waals surface area contributed by atoms with Crippen molar-refractivity contribution >= 4 is 11.4 Å². The van der Waals surface area contributed by atoms with E-state index in [-0.39, 0.29) is 11.8 Å². The van der Waals surface area contributed by atoms with Crippen LogP contribution in [0.1, 0.15) is 46.1 Å². The van der Waals surface area contributed by atoms with Gasteiger partial charge < -0.3 is 14.9 Å². The van der Waals surface area contributed by atoms with Crippen LogP contribution in [-0.2, 0) is 6.42 Å². The standard InChI is InChI=1S/C21H18N4O2/c1-12-13(9-22)2-4-16-15(12)5-7-19(16)27-14-3-6-18(23)17(8-14)21(24)20-10-25-11-26-20/h2-4,6,8,10-11,19,24H,5,7,23H2,1H3/t19-/m1/s1. The second kappa shape index (κ2) is 6.61. The molecule has 6 nitrogen and oxygen atoms in total. The molecule has 0 bridgehead atoms. The van der Waals surface area contributed by atoms with E-state index in [1.807, 2.05) is 19.1 Å². The number of nitrogens with two attached hydrogens (primary N) is 1. The summed E-state index contributed by atoms with van der Waals surface area (Å²) in [6.45, 7) is 1.99. The van der Waals surface area contributed by atoms with Crippen LogP contribution >= 0.6 is 0 Å². The first-order chi connectivity index (χ1) is 13.1. The number of hydrogen-bond acceptors (Lipinski definition) is 6. The first-order valence-electron chi connectivity index (χ1n) is 8.65. The van der Waals surface area contributed by atoms with Crippen molar-refractivity contribution in [2.75, 3.05) is 5.73 Å². The van der Waals surface area contributed by atoms with E-state index in [0.29, 0.717) is 28.3 Å². The summed E-state index contributed by atoms with van der Waals surface area (Å²) in [6, 6.07) is 11.4. The number of rotatable bonds is 4. The summed E-state index contributed by atoms with van der Waals surface area (Å²) in [4.78, 5) is 3.85. The Morgan fingerprint density at radius 2 is 2.22 bits per heavy atom. The van der Waals surface area contributed by atoms with Crippen molar-refractivity contribution < 1.29 is 9.15 Å². The maximum absolute atomic E-state index is 9.21. The molecule has 0 spiro atoms. The van der Waals surface area contributed by atoms with Gasteiger partial charge in [0.2, 0.25) is 0 Å². The smallest absolute Gasteiger partial charge is 0.181 e. The Kier molecular flexibility index (Phi) is 4.13. The van der Waals surface area contributed by atoms with Gasteiger partial charge in [-0.1, -0.05) is 6.07 Å². The SMILES string of the molecule is Cc1c(C#N)ccc2c1CC[C@H]2Oc1ccc(N)c(C(=N)c2cnco2)c1. The van der Waals surface area contributed by atoms with Gasteiger partial charge in [-0.25, -0.2) is 4.98 Å². The number of anilines is 1. The van der Waals surface area contributed by atoms with Gasteiger partial charge in [0.15, 0.2) is 12.2 Å². The third kappa shape index (κ3) is 2.93. The number of nitriles is 1. The summed E-state index contributed by atoms with van der Waals surface area (Å²) in [7, 11) is 0. The fourth-order valence-electron chi connectivity index (χ4n) is 3.55. The molecule has 0 saturated heterocycles. The maximum atomic E-state index is 9.21. The van der Waals surface area contributed by atoms with E-state index in [1.165, 1.54) is 18.2 Å². The predicted octanol–water partition coefficient (Wildman–Crippen LogP) is 3.92. The number of oxazole rings is 1. The Balaban J connectivity index is 1.62. The molecule has 1 aliphatic carbocycles. The van der Waals surface area contributed by atoms with Crippen molar-refractivity contribution in [2.24, 2.45) is 0 Å². The molecule has 1 heterocycles. The van der Waals surface area contributed by atoms with Crippen molar-refractivity contribution in [3.63, 3.8) is 0 Å². The van der Waals surface area contributed by atoms with E-state index in [9.17, 15) is 5.26 Å². The number of ether oxygens (including phenoxy) is 1. The molecule has 3 N–H and O–H groups in total. The van der Waals surface area contributed by atoms with Crippen molar-refractivity contribution in [2.45, 2.75) is 25.9 Å². The van der Waals surface area contributed by atoms with E-state index in [1.54, 1.807) is 18.2 Å². The number of nitrogens with zero attached hydrogens (tertiary/aromatic N) is 2. The summed E-state index contributed by atoms with van der Waals surface area (Å²) in [5, 5.41) is 17.5. The fraction of sp³-hybridized carbons (Fsp3) is 0.190. The van der Waals surface area contributed by atoms with E-state index in [0.717, 1.165) is 24.0 Å². The van der Waals surface area contributed by atoms with Crippen LogP contribution in [0, 0.1) is 23.7 Å². The minimum Gasteiger partial charge on any atom is -0.486 e. The molecule has 134 valence electrons. The van der Waals surface area contributed by atoms with E-state index in [4.69, 9.17) is 20.3 Å². The topological polar surface area (TPSA) is 109 Å². The molecule has 0 saturated carbocycles. The van der Waals surface area contributed by atoms with Crippen molar-refractivity contribution in [3.05, 3.63) is 76.5 Å². The van der Waals surface area contributed by atoms with Crippen LogP contribution in [0.25, 0.3) is 0 Å². The Hall–Kier alpha value is -3.59. The van der Waals surface area contributed by atoms with Crippen LogP contribution in [0.15, 0.2) is 47.3 Å². The van der Waals surface area contributed by atoms with Gasteiger partial charge in [-0.05, 0) is 60.7 Å². The van der Waals surface area contributed by atoms with Gasteiger partial charge in [-0.2, -0.15) is 5.26 Å². The number of nitrogen functional groups attached to an aromatic ring is 1. The van der Waals surface area contributed by atoms with Gasteiger partial charge in [0.25, 0.3) is 0 Å². The van der Waals surface area contributed by atoms with E-state index >= 15 is 0 Å². The molecular weight excluding hydrogens is 340 g/mol. The third-order valence-corrected chi connectivity index (χ3v) is 5.01. The summed E-state index contributed by atoms with van der Waals surface area (Å²) in [5.74, 6) is 0.994. The molecule has 0 amide bonds. The van der Waals surface area contributed by atoms with E-state index in [2.05, 4.69) is 11.1 Å². The van der Waals surface area contributed by atoms with Crippen LogP contribution in [0.4, 0.5) is 5.69 Å². The number of aromatic nitrogens is 1. The minimum absolute atomic E-state index is 0.0811. The molecule has 0 unspecified atom stereocenters. The molecule has 3 aromatic rings. The molecule has 6 heteroatoms. The lowest BCUT2D eigenvalue weighted by Gasteiger charge is -2.17. The number of fused-ring (bicyclic) bond motifs is 1. The first-order valence-corrected chi connectivity index (χ1v) is 8.65. The lowest BCUT2D eigenvalue weighted by molar-refractivity contribution is 0.207. The second-order valence-corrected chi connectivity index (χ2v) is 6.55. The fourth-order valence-corrected chi connectivity index (χ4v) is 3.55. The van der Waals surface area contributed by atoms with Gasteiger partial charge in [-0.15, -0.1) is 0 Å². The number of benzene rings is 2. The predicted molar refractivity (Wildman–Crippen MR) is 101 cm³/mol. The highest BCUT2D eigenvalue weighted by molar-refractivity contribution is 6.12. The summed E-state index contributed by atoms with van der Waals surface area (Å²) in [6.07, 6.45) is 4.43. The monoisotopic (exact) mass is 358 g/mol. The highest BCUT2D eigenvalue weighted by Crippen LogP contribution is 2.38. The molecule has 2 aromatic carbocycles. The molecule has 1 atom stereocenters. The molecule has 0 fully saturated rings. The Morgan fingerprint density at radius 3 is 2.96 bits per heavy atom. The highest BCUT2D eigenvalue weighted by Gasteiger charge is 2.27. The lowest BCUT2D eigenvalue weighted by Crippen LogP contribution is -2.08.